The first kappa shape index (κ1) is 18.3. The molecular weight excluding hydrogens is 356 g/mol. The van der Waals surface area contributed by atoms with Crippen molar-refractivity contribution in [2.45, 2.75) is 45.8 Å². The third kappa shape index (κ3) is 3.06. The minimum atomic E-state index is -0.578. The summed E-state index contributed by atoms with van der Waals surface area (Å²) in [7, 11) is 0. The van der Waals surface area contributed by atoms with E-state index in [9.17, 15) is 9.59 Å². The lowest BCUT2D eigenvalue weighted by Gasteiger charge is -2.41. The molecule has 7 heteroatoms. The van der Waals surface area contributed by atoms with Crippen LogP contribution >= 0.6 is 0 Å². The monoisotopic (exact) mass is 380 g/mol. The van der Waals surface area contributed by atoms with Gasteiger partial charge in [-0.3, -0.25) is 14.3 Å². The number of para-hydroxylation sites is 1. The highest BCUT2D eigenvalue weighted by Crippen LogP contribution is 2.34. The summed E-state index contributed by atoms with van der Waals surface area (Å²) in [6.45, 7) is 7.99. The molecule has 2 aromatic heterocycles. The van der Waals surface area contributed by atoms with Crippen molar-refractivity contribution >= 4 is 11.6 Å². The second-order valence-corrected chi connectivity index (χ2v) is 8.10. The number of hydrogen-bond acceptors (Lipinski definition) is 4. The molecule has 1 aliphatic heterocycles. The lowest BCUT2D eigenvalue weighted by atomic mass is 10.0. The third-order valence-electron chi connectivity index (χ3n) is 4.87. The van der Waals surface area contributed by atoms with Gasteiger partial charge in [0, 0.05) is 12.7 Å². The topological polar surface area (TPSA) is 68.8 Å². The maximum atomic E-state index is 13.3. The number of carbonyl (C=O) groups is 1. The van der Waals surface area contributed by atoms with Crippen molar-refractivity contribution in [1.82, 2.24) is 19.1 Å². The molecule has 0 bridgehead atoms. The van der Waals surface area contributed by atoms with Crippen LogP contribution in [0.3, 0.4) is 0 Å². The Labute approximate surface area is 163 Å². The molecule has 7 nitrogen and oxygen atoms in total. The van der Waals surface area contributed by atoms with E-state index in [1.54, 1.807) is 20.2 Å². The van der Waals surface area contributed by atoms with E-state index in [-0.39, 0.29) is 17.7 Å². The molecule has 0 spiro atoms. The standard InChI is InChI=1S/C21H24N4O3/c1-14-10-13-24-17(14)19(26)25(15-8-6-5-7-9-15)18(22-24)16-11-12-23(16)20(27)28-21(2,3)4/h5-10,13,16H,11-12H2,1-4H3/t16-/m0/s1. The Kier molecular flexibility index (Phi) is 4.25. The van der Waals surface area contributed by atoms with E-state index in [1.165, 1.54) is 0 Å². The Morgan fingerprint density at radius 3 is 2.50 bits per heavy atom. The first-order valence-corrected chi connectivity index (χ1v) is 9.42. The Hall–Kier alpha value is -3.09. The van der Waals surface area contributed by atoms with Gasteiger partial charge in [-0.15, -0.1) is 0 Å². The zero-order valence-electron chi connectivity index (χ0n) is 16.5. The molecule has 0 N–H and O–H groups in total. The zero-order chi connectivity index (χ0) is 20.1. The number of fused-ring (bicyclic) bond motifs is 1. The molecule has 1 fully saturated rings. The summed E-state index contributed by atoms with van der Waals surface area (Å²) < 4.78 is 8.75. The quantitative estimate of drug-likeness (QED) is 0.683. The summed E-state index contributed by atoms with van der Waals surface area (Å²) in [4.78, 5) is 27.6. The second kappa shape index (κ2) is 6.51. The molecule has 3 aromatic rings. The lowest BCUT2D eigenvalue weighted by Crippen LogP contribution is -2.49. The minimum Gasteiger partial charge on any atom is -0.444 e. The van der Waals surface area contributed by atoms with Crippen molar-refractivity contribution in [3.8, 4) is 5.69 Å². The van der Waals surface area contributed by atoms with Gasteiger partial charge in [-0.25, -0.2) is 9.31 Å². The van der Waals surface area contributed by atoms with Crippen molar-refractivity contribution in [2.24, 2.45) is 0 Å². The number of hydrogen-bond donors (Lipinski definition) is 0. The molecule has 146 valence electrons. The molecule has 0 aliphatic carbocycles. The van der Waals surface area contributed by atoms with E-state index in [4.69, 9.17) is 9.84 Å². The number of rotatable bonds is 2. The molecule has 1 amide bonds. The van der Waals surface area contributed by atoms with E-state index in [0.717, 1.165) is 17.7 Å². The number of benzene rings is 1. The van der Waals surface area contributed by atoms with Gasteiger partial charge in [-0.2, -0.15) is 5.10 Å². The Morgan fingerprint density at radius 2 is 1.89 bits per heavy atom. The first-order valence-electron chi connectivity index (χ1n) is 9.42. The largest absolute Gasteiger partial charge is 0.444 e. The van der Waals surface area contributed by atoms with E-state index >= 15 is 0 Å². The number of aromatic nitrogens is 3. The van der Waals surface area contributed by atoms with Gasteiger partial charge in [0.2, 0.25) is 0 Å². The van der Waals surface area contributed by atoms with Crippen molar-refractivity contribution in [3.63, 3.8) is 0 Å². The zero-order valence-corrected chi connectivity index (χ0v) is 16.5. The third-order valence-corrected chi connectivity index (χ3v) is 4.87. The molecule has 4 rings (SSSR count). The number of amides is 1. The number of nitrogens with zero attached hydrogens (tertiary/aromatic N) is 4. The van der Waals surface area contributed by atoms with Crippen LogP contribution < -0.4 is 5.56 Å². The lowest BCUT2D eigenvalue weighted by molar-refractivity contribution is -0.00811. The number of carbonyl (C=O) groups excluding carboxylic acids is 1. The smallest absolute Gasteiger partial charge is 0.410 e. The number of likely N-dealkylation sites (tertiary alicyclic amines) is 1. The minimum absolute atomic E-state index is 0.144. The Morgan fingerprint density at radius 1 is 1.18 bits per heavy atom. The predicted molar refractivity (Wildman–Crippen MR) is 106 cm³/mol. The first-order chi connectivity index (χ1) is 13.3. The maximum Gasteiger partial charge on any atom is 0.410 e. The molecule has 1 aliphatic rings. The summed E-state index contributed by atoms with van der Waals surface area (Å²) in [6.07, 6.45) is 2.12. The van der Waals surface area contributed by atoms with Gasteiger partial charge in [0.05, 0.1) is 11.7 Å². The van der Waals surface area contributed by atoms with Gasteiger partial charge in [0.1, 0.15) is 11.1 Å². The molecule has 3 heterocycles. The summed E-state index contributed by atoms with van der Waals surface area (Å²) in [5.74, 6) is 0.538. The van der Waals surface area contributed by atoms with Crippen LogP contribution in [-0.2, 0) is 4.74 Å². The fraction of sp³-hybridized carbons (Fsp3) is 0.381. The van der Waals surface area contributed by atoms with Crippen LogP contribution in [0.15, 0.2) is 47.4 Å². The molecule has 1 atom stereocenters. The fourth-order valence-corrected chi connectivity index (χ4v) is 3.47. The van der Waals surface area contributed by atoms with Crippen LogP contribution in [0.2, 0.25) is 0 Å². The highest BCUT2D eigenvalue weighted by molar-refractivity contribution is 5.70. The number of aryl methyl sites for hydroxylation is 1. The predicted octanol–water partition coefficient (Wildman–Crippen LogP) is 3.48. The van der Waals surface area contributed by atoms with Crippen LogP contribution in [0.4, 0.5) is 4.79 Å². The molecule has 0 unspecified atom stereocenters. The Balaban J connectivity index is 1.85. The van der Waals surface area contributed by atoms with Gasteiger partial charge >= 0.3 is 6.09 Å². The second-order valence-electron chi connectivity index (χ2n) is 8.10. The molecule has 1 aromatic carbocycles. The number of ether oxygens (including phenoxy) is 1. The van der Waals surface area contributed by atoms with Crippen molar-refractivity contribution in [1.29, 1.82) is 0 Å². The van der Waals surface area contributed by atoms with Gasteiger partial charge < -0.3 is 4.74 Å². The Bertz CT molecular complexity index is 1090. The van der Waals surface area contributed by atoms with E-state index < -0.39 is 5.60 Å². The molecule has 1 saturated heterocycles. The van der Waals surface area contributed by atoms with Crippen molar-refractivity contribution in [2.75, 3.05) is 6.54 Å². The van der Waals surface area contributed by atoms with Crippen LogP contribution in [-0.4, -0.2) is 37.3 Å². The molecule has 0 saturated carbocycles. The fourth-order valence-electron chi connectivity index (χ4n) is 3.47. The van der Waals surface area contributed by atoms with Gasteiger partial charge in [-0.05, 0) is 57.9 Å². The summed E-state index contributed by atoms with van der Waals surface area (Å²) in [6, 6.07) is 11.0. The highest BCUT2D eigenvalue weighted by Gasteiger charge is 2.39. The van der Waals surface area contributed by atoms with E-state index in [2.05, 4.69) is 0 Å². The van der Waals surface area contributed by atoms with Crippen LogP contribution in [0, 0.1) is 6.92 Å². The van der Waals surface area contributed by atoms with E-state index in [1.807, 2.05) is 64.1 Å². The molecule has 0 radical (unpaired) electrons. The molecular formula is C21H24N4O3. The van der Waals surface area contributed by atoms with E-state index in [0.29, 0.717) is 17.9 Å². The van der Waals surface area contributed by atoms with Crippen molar-refractivity contribution in [3.05, 3.63) is 64.3 Å². The van der Waals surface area contributed by atoms with Crippen LogP contribution in [0.25, 0.3) is 11.2 Å². The SMILES string of the molecule is Cc1ccn2nc([C@@H]3CCN3C(=O)OC(C)(C)C)n(-c3ccccc3)c(=O)c12. The average molecular weight is 380 g/mol. The van der Waals surface area contributed by atoms with Gasteiger partial charge in [0.25, 0.3) is 5.56 Å². The van der Waals surface area contributed by atoms with Crippen LogP contribution in [0.5, 0.6) is 0 Å². The maximum absolute atomic E-state index is 13.3. The summed E-state index contributed by atoms with van der Waals surface area (Å²) >= 11 is 0. The normalized spacial score (nSPS) is 16.9. The van der Waals surface area contributed by atoms with Crippen LogP contribution in [0.1, 0.15) is 44.6 Å². The summed E-state index contributed by atoms with van der Waals surface area (Å²) in [5, 5.41) is 4.71. The van der Waals surface area contributed by atoms with Crippen molar-refractivity contribution < 1.29 is 9.53 Å². The molecule has 28 heavy (non-hydrogen) atoms. The van der Waals surface area contributed by atoms with Gasteiger partial charge in [0.15, 0.2) is 5.82 Å². The highest BCUT2D eigenvalue weighted by atomic mass is 16.6. The average Bonchev–Trinajstić information content (AvgIpc) is 2.94. The summed E-state index contributed by atoms with van der Waals surface area (Å²) in [5.41, 5.74) is 1.41. The van der Waals surface area contributed by atoms with Gasteiger partial charge in [-0.1, -0.05) is 18.2 Å².